The lowest BCUT2D eigenvalue weighted by atomic mass is 9.82. The van der Waals surface area contributed by atoms with E-state index >= 15 is 0 Å². The minimum absolute atomic E-state index is 0.145. The zero-order valence-electron chi connectivity index (χ0n) is 32.0. The van der Waals surface area contributed by atoms with Crippen LogP contribution in [-0.4, -0.2) is 19.9 Å². The summed E-state index contributed by atoms with van der Waals surface area (Å²) in [5.41, 5.74) is 14.6. The molecule has 3 aromatic heterocycles. The summed E-state index contributed by atoms with van der Waals surface area (Å²) < 4.78 is 2.62. The summed E-state index contributed by atoms with van der Waals surface area (Å²) in [6, 6.07) is 60.5. The van der Waals surface area contributed by atoms with Crippen LogP contribution in [0, 0.1) is 0 Å². The fourth-order valence-electron chi connectivity index (χ4n) is 8.72. The molecule has 1 aliphatic rings. The molecule has 7 aromatic carbocycles. The molecule has 4 nitrogen and oxygen atoms in total. The molecule has 10 aromatic rings. The molecule has 0 aliphatic heterocycles. The van der Waals surface area contributed by atoms with Gasteiger partial charge in [-0.05, 0) is 79.9 Å². The maximum Gasteiger partial charge on any atom is 0.164 e. The lowest BCUT2D eigenvalue weighted by Gasteiger charge is -2.21. The number of pyridine rings is 1. The molecule has 0 bridgehead atoms. The van der Waals surface area contributed by atoms with Crippen molar-refractivity contribution in [3.63, 3.8) is 0 Å². The molecule has 0 N–H and O–H groups in total. The summed E-state index contributed by atoms with van der Waals surface area (Å²) in [6.07, 6.45) is 3.68. The van der Waals surface area contributed by atoms with Gasteiger partial charge in [-0.1, -0.05) is 159 Å². The topological polar surface area (TPSA) is 51.6 Å². The monoisotopic (exact) mass is 760 g/mol. The highest BCUT2D eigenvalue weighted by molar-refractivity contribution is 7.26. The van der Waals surface area contributed by atoms with Crippen LogP contribution >= 0.6 is 11.3 Å². The predicted octanol–water partition coefficient (Wildman–Crippen LogP) is 13.9. The van der Waals surface area contributed by atoms with Crippen LogP contribution in [0.15, 0.2) is 182 Å². The Labute approximate surface area is 341 Å². The number of hydrogen-bond donors (Lipinski definition) is 0. The first kappa shape index (κ1) is 34.2. The van der Waals surface area contributed by atoms with Crippen molar-refractivity contribution in [2.24, 2.45) is 0 Å². The van der Waals surface area contributed by atoms with Crippen molar-refractivity contribution in [2.45, 2.75) is 19.3 Å². The number of thiophene rings is 1. The summed E-state index contributed by atoms with van der Waals surface area (Å²) >= 11 is 1.86. The Balaban J connectivity index is 1.04. The van der Waals surface area contributed by atoms with Crippen molar-refractivity contribution >= 4 is 31.5 Å². The van der Waals surface area contributed by atoms with Crippen molar-refractivity contribution in [3.8, 4) is 78.7 Å². The average molecular weight is 761 g/mol. The van der Waals surface area contributed by atoms with Gasteiger partial charge in [-0.15, -0.1) is 11.3 Å². The first-order valence-corrected chi connectivity index (χ1v) is 20.4. The van der Waals surface area contributed by atoms with Crippen LogP contribution in [0.2, 0.25) is 0 Å². The standard InChI is InChI=1S/C53H36N4S/c1-53(2)45-22-5-3-18-43(45)48-44(21-10-23-46(48)53)52-56-50(34-27-25-33(26-28-34)39-16-11-29-54-32-39)55-51(57-52)38-15-8-13-36(31-38)35-12-7-14-37(30-35)40-19-9-20-42-41-17-4-6-24-47(41)58-49(40)42/h3-32H,1-2H3. The smallest absolute Gasteiger partial charge is 0.164 e. The van der Waals surface area contributed by atoms with Crippen LogP contribution in [0.25, 0.3) is 98.8 Å². The summed E-state index contributed by atoms with van der Waals surface area (Å²) in [7, 11) is 0. The highest BCUT2D eigenvalue weighted by atomic mass is 32.1. The zero-order valence-corrected chi connectivity index (χ0v) is 32.8. The van der Waals surface area contributed by atoms with Gasteiger partial charge in [-0.3, -0.25) is 4.98 Å². The van der Waals surface area contributed by atoms with Crippen molar-refractivity contribution in [3.05, 3.63) is 193 Å². The van der Waals surface area contributed by atoms with Crippen LogP contribution in [0.5, 0.6) is 0 Å². The molecule has 0 unspecified atom stereocenters. The van der Waals surface area contributed by atoms with Crippen LogP contribution < -0.4 is 0 Å². The lowest BCUT2D eigenvalue weighted by Crippen LogP contribution is -2.14. The summed E-state index contributed by atoms with van der Waals surface area (Å²) in [5, 5.41) is 2.61. The van der Waals surface area contributed by atoms with E-state index in [1.807, 2.05) is 23.6 Å². The fraction of sp³-hybridized carbons (Fsp3) is 0.0566. The highest BCUT2D eigenvalue weighted by Gasteiger charge is 2.37. The molecule has 0 radical (unpaired) electrons. The van der Waals surface area contributed by atoms with Crippen LogP contribution in [0.3, 0.4) is 0 Å². The van der Waals surface area contributed by atoms with E-state index in [0.717, 1.165) is 38.9 Å². The van der Waals surface area contributed by atoms with Gasteiger partial charge >= 0.3 is 0 Å². The number of hydrogen-bond acceptors (Lipinski definition) is 5. The quantitative estimate of drug-likeness (QED) is 0.169. The largest absolute Gasteiger partial charge is 0.264 e. The van der Waals surface area contributed by atoms with Gasteiger partial charge in [0.2, 0.25) is 0 Å². The number of fused-ring (bicyclic) bond motifs is 6. The third-order valence-electron chi connectivity index (χ3n) is 11.7. The Kier molecular flexibility index (Phi) is 7.98. The van der Waals surface area contributed by atoms with E-state index in [9.17, 15) is 0 Å². The molecule has 0 fully saturated rings. The highest BCUT2D eigenvalue weighted by Crippen LogP contribution is 2.51. The molecule has 0 amide bonds. The number of nitrogens with zero attached hydrogens (tertiary/aromatic N) is 4. The Hall–Kier alpha value is -7.08. The van der Waals surface area contributed by atoms with Crippen LogP contribution in [0.4, 0.5) is 0 Å². The second-order valence-electron chi connectivity index (χ2n) is 15.5. The van der Waals surface area contributed by atoms with Gasteiger partial charge in [0, 0.05) is 54.7 Å². The molecule has 11 rings (SSSR count). The molecule has 0 saturated carbocycles. The van der Waals surface area contributed by atoms with Gasteiger partial charge in [0.25, 0.3) is 0 Å². The van der Waals surface area contributed by atoms with Gasteiger partial charge in [0.05, 0.1) is 0 Å². The van der Waals surface area contributed by atoms with E-state index in [0.29, 0.717) is 17.5 Å². The van der Waals surface area contributed by atoms with E-state index in [4.69, 9.17) is 15.0 Å². The van der Waals surface area contributed by atoms with E-state index in [1.54, 1.807) is 6.20 Å². The molecule has 0 atom stereocenters. The van der Waals surface area contributed by atoms with Crippen molar-refractivity contribution in [1.29, 1.82) is 0 Å². The number of rotatable bonds is 6. The third kappa shape index (κ3) is 5.66. The minimum atomic E-state index is -0.145. The van der Waals surface area contributed by atoms with Gasteiger partial charge < -0.3 is 0 Å². The Morgan fingerprint density at radius 2 is 1.00 bits per heavy atom. The van der Waals surface area contributed by atoms with Gasteiger partial charge in [-0.2, -0.15) is 0 Å². The lowest BCUT2D eigenvalue weighted by molar-refractivity contribution is 0.660. The molecule has 0 saturated heterocycles. The van der Waals surface area contributed by atoms with E-state index < -0.39 is 0 Å². The zero-order chi connectivity index (χ0) is 38.8. The van der Waals surface area contributed by atoms with Crippen molar-refractivity contribution in [1.82, 2.24) is 19.9 Å². The maximum atomic E-state index is 5.29. The molecular formula is C53H36N4S. The third-order valence-corrected chi connectivity index (χ3v) is 12.9. The van der Waals surface area contributed by atoms with Gasteiger partial charge in [0.15, 0.2) is 17.5 Å². The van der Waals surface area contributed by atoms with E-state index in [-0.39, 0.29) is 5.41 Å². The average Bonchev–Trinajstić information content (AvgIpc) is 3.79. The molecule has 0 spiro atoms. The van der Waals surface area contributed by atoms with Gasteiger partial charge in [0.1, 0.15) is 0 Å². The Bertz CT molecular complexity index is 3200. The molecule has 5 heteroatoms. The Morgan fingerprint density at radius 3 is 1.83 bits per heavy atom. The normalized spacial score (nSPS) is 12.8. The molecular weight excluding hydrogens is 725 g/mol. The van der Waals surface area contributed by atoms with E-state index in [2.05, 4.69) is 183 Å². The van der Waals surface area contributed by atoms with Crippen molar-refractivity contribution < 1.29 is 0 Å². The SMILES string of the molecule is CC1(C)c2ccccc2-c2c(-c3nc(-c4ccc(-c5cccnc5)cc4)nc(-c4cccc(-c5cccc(-c6cccc7c6sc6ccccc67)c5)c4)n3)cccc21. The van der Waals surface area contributed by atoms with Crippen molar-refractivity contribution in [2.75, 3.05) is 0 Å². The summed E-state index contributed by atoms with van der Waals surface area (Å²) in [5.74, 6) is 1.92. The second kappa shape index (κ2) is 13.5. The number of aromatic nitrogens is 4. The second-order valence-corrected chi connectivity index (χ2v) is 16.5. The van der Waals surface area contributed by atoms with E-state index in [1.165, 1.54) is 53.6 Å². The first-order chi connectivity index (χ1) is 28.5. The molecule has 1 aliphatic carbocycles. The van der Waals surface area contributed by atoms with Gasteiger partial charge in [-0.25, -0.2) is 15.0 Å². The minimum Gasteiger partial charge on any atom is -0.264 e. The molecule has 274 valence electrons. The summed E-state index contributed by atoms with van der Waals surface area (Å²) in [4.78, 5) is 20.0. The Morgan fingerprint density at radius 1 is 0.414 bits per heavy atom. The van der Waals surface area contributed by atoms with Crippen LogP contribution in [0.1, 0.15) is 25.0 Å². The fourth-order valence-corrected chi connectivity index (χ4v) is 9.96. The maximum absolute atomic E-state index is 5.29. The molecule has 58 heavy (non-hydrogen) atoms. The number of benzene rings is 7. The first-order valence-electron chi connectivity index (χ1n) is 19.6. The predicted molar refractivity (Wildman–Crippen MR) is 241 cm³/mol. The summed E-state index contributed by atoms with van der Waals surface area (Å²) in [6.45, 7) is 4.61. The van der Waals surface area contributed by atoms with Crippen LogP contribution in [-0.2, 0) is 5.41 Å². The molecule has 3 heterocycles.